The summed E-state index contributed by atoms with van der Waals surface area (Å²) in [6, 6.07) is 13.6. The molecule has 29 heavy (non-hydrogen) atoms. The molecule has 0 saturated carbocycles. The molecule has 1 fully saturated rings. The molecule has 0 unspecified atom stereocenters. The van der Waals surface area contributed by atoms with Gasteiger partial charge in [-0.25, -0.2) is 9.97 Å². The van der Waals surface area contributed by atoms with Crippen molar-refractivity contribution in [3.63, 3.8) is 0 Å². The Kier molecular flexibility index (Phi) is 6.11. The van der Waals surface area contributed by atoms with Crippen LogP contribution in [0.3, 0.4) is 0 Å². The lowest BCUT2D eigenvalue weighted by Gasteiger charge is -2.34. The van der Waals surface area contributed by atoms with Crippen LogP contribution < -0.4 is 10.2 Å². The lowest BCUT2D eigenvalue weighted by molar-refractivity contribution is -0.123. The van der Waals surface area contributed by atoms with Gasteiger partial charge in [-0.2, -0.15) is 5.10 Å². The number of piperazine rings is 1. The number of benzene rings is 1. The van der Waals surface area contributed by atoms with Crippen molar-refractivity contribution in [3.8, 4) is 0 Å². The van der Waals surface area contributed by atoms with E-state index in [1.807, 2.05) is 53.3 Å². The number of anilines is 1. The fourth-order valence-electron chi connectivity index (χ4n) is 3.52. The first kappa shape index (κ1) is 19.1. The number of carbonyl (C=O) groups is 1. The van der Waals surface area contributed by atoms with Gasteiger partial charge >= 0.3 is 0 Å². The first-order chi connectivity index (χ1) is 14.3. The molecular weight excluding hydrogens is 366 g/mol. The molecular formula is C21H25N7O. The Morgan fingerprint density at radius 3 is 2.41 bits per heavy atom. The fourth-order valence-corrected chi connectivity index (χ4v) is 3.52. The van der Waals surface area contributed by atoms with Crippen molar-refractivity contribution in [1.82, 2.24) is 30.0 Å². The monoisotopic (exact) mass is 391 g/mol. The number of hydrogen-bond donors (Lipinski definition) is 1. The normalized spacial score (nSPS) is 15.8. The molecule has 0 bridgehead atoms. The summed E-state index contributed by atoms with van der Waals surface area (Å²) in [5.41, 5.74) is 1.07. The number of nitrogens with zero attached hydrogens (tertiary/aromatic N) is 6. The van der Waals surface area contributed by atoms with Crippen molar-refractivity contribution < 1.29 is 4.79 Å². The second kappa shape index (κ2) is 9.29. The van der Waals surface area contributed by atoms with Gasteiger partial charge in [0.15, 0.2) is 0 Å². The predicted molar refractivity (Wildman–Crippen MR) is 110 cm³/mol. The molecule has 8 nitrogen and oxygen atoms in total. The molecule has 1 aromatic carbocycles. The Morgan fingerprint density at radius 1 is 0.966 bits per heavy atom. The molecule has 1 atom stereocenters. The molecule has 0 aliphatic carbocycles. The summed E-state index contributed by atoms with van der Waals surface area (Å²) < 4.78 is 1.84. The van der Waals surface area contributed by atoms with E-state index < -0.39 is 0 Å². The second-order valence-electron chi connectivity index (χ2n) is 7.07. The standard InChI is InChI=1S/C21H25N7O/c29-20(17-26-12-14-27(15-13-26)21-22-8-4-9-23-21)25-19(16-28-11-5-10-24-28)18-6-2-1-3-7-18/h1-11,19H,12-17H2,(H,25,29)/t19-/m1/s1. The highest BCUT2D eigenvalue weighted by molar-refractivity contribution is 5.78. The summed E-state index contributed by atoms with van der Waals surface area (Å²) in [5.74, 6) is 0.774. The van der Waals surface area contributed by atoms with Crippen LogP contribution in [0, 0.1) is 0 Å². The van der Waals surface area contributed by atoms with Crippen LogP contribution in [0.1, 0.15) is 11.6 Å². The highest BCUT2D eigenvalue weighted by Crippen LogP contribution is 2.15. The van der Waals surface area contributed by atoms with Crippen molar-refractivity contribution in [2.75, 3.05) is 37.6 Å². The molecule has 1 saturated heterocycles. The van der Waals surface area contributed by atoms with Crippen molar-refractivity contribution in [2.45, 2.75) is 12.6 Å². The Labute approximate surface area is 170 Å². The van der Waals surface area contributed by atoms with Crippen LogP contribution in [-0.2, 0) is 11.3 Å². The van der Waals surface area contributed by atoms with Gasteiger partial charge in [-0.3, -0.25) is 14.4 Å². The zero-order chi connectivity index (χ0) is 19.9. The number of aromatic nitrogens is 4. The first-order valence-electron chi connectivity index (χ1n) is 9.84. The Morgan fingerprint density at radius 2 is 1.72 bits per heavy atom. The molecule has 150 valence electrons. The van der Waals surface area contributed by atoms with E-state index >= 15 is 0 Å². The number of amides is 1. The van der Waals surface area contributed by atoms with Crippen LogP contribution in [0.4, 0.5) is 5.95 Å². The summed E-state index contributed by atoms with van der Waals surface area (Å²) in [6.07, 6.45) is 7.17. The van der Waals surface area contributed by atoms with Gasteiger partial charge < -0.3 is 10.2 Å². The molecule has 2 aromatic heterocycles. The Hall–Kier alpha value is -3.26. The maximum Gasteiger partial charge on any atom is 0.234 e. The Bertz CT molecular complexity index is 878. The molecule has 1 amide bonds. The van der Waals surface area contributed by atoms with Gasteiger partial charge in [0, 0.05) is 51.0 Å². The molecule has 0 spiro atoms. The van der Waals surface area contributed by atoms with Gasteiger partial charge in [0.25, 0.3) is 0 Å². The van der Waals surface area contributed by atoms with E-state index in [-0.39, 0.29) is 11.9 Å². The third-order valence-corrected chi connectivity index (χ3v) is 5.04. The molecule has 8 heteroatoms. The Balaban J connectivity index is 1.32. The molecule has 1 aliphatic rings. The van der Waals surface area contributed by atoms with E-state index in [9.17, 15) is 4.79 Å². The minimum Gasteiger partial charge on any atom is -0.346 e. The third kappa shape index (κ3) is 5.17. The highest BCUT2D eigenvalue weighted by atomic mass is 16.2. The van der Waals surface area contributed by atoms with E-state index in [0.29, 0.717) is 13.1 Å². The van der Waals surface area contributed by atoms with Crippen LogP contribution in [-0.4, -0.2) is 63.3 Å². The summed E-state index contributed by atoms with van der Waals surface area (Å²) >= 11 is 0. The van der Waals surface area contributed by atoms with E-state index in [0.717, 1.165) is 37.7 Å². The second-order valence-corrected chi connectivity index (χ2v) is 7.07. The van der Waals surface area contributed by atoms with E-state index in [2.05, 4.69) is 30.2 Å². The van der Waals surface area contributed by atoms with Gasteiger partial charge in [0.05, 0.1) is 19.1 Å². The summed E-state index contributed by atoms with van der Waals surface area (Å²) in [4.78, 5) is 25.7. The van der Waals surface area contributed by atoms with Crippen LogP contribution >= 0.6 is 0 Å². The van der Waals surface area contributed by atoms with Crippen molar-refractivity contribution in [3.05, 3.63) is 72.8 Å². The lowest BCUT2D eigenvalue weighted by Crippen LogP contribution is -2.50. The zero-order valence-electron chi connectivity index (χ0n) is 16.3. The largest absolute Gasteiger partial charge is 0.346 e. The summed E-state index contributed by atoms with van der Waals surface area (Å²) in [7, 11) is 0. The van der Waals surface area contributed by atoms with Crippen LogP contribution in [0.2, 0.25) is 0 Å². The van der Waals surface area contributed by atoms with Gasteiger partial charge in [0.2, 0.25) is 11.9 Å². The van der Waals surface area contributed by atoms with Gasteiger partial charge in [-0.05, 0) is 17.7 Å². The highest BCUT2D eigenvalue weighted by Gasteiger charge is 2.22. The molecule has 1 N–H and O–H groups in total. The first-order valence-corrected chi connectivity index (χ1v) is 9.84. The smallest absolute Gasteiger partial charge is 0.234 e. The van der Waals surface area contributed by atoms with E-state index in [1.54, 1.807) is 18.6 Å². The van der Waals surface area contributed by atoms with Gasteiger partial charge in [-0.1, -0.05) is 30.3 Å². The fraction of sp³-hybridized carbons (Fsp3) is 0.333. The van der Waals surface area contributed by atoms with E-state index in [1.165, 1.54) is 0 Å². The summed E-state index contributed by atoms with van der Waals surface area (Å²) in [6.45, 7) is 4.22. The van der Waals surface area contributed by atoms with Crippen LogP contribution in [0.25, 0.3) is 0 Å². The topological polar surface area (TPSA) is 79.2 Å². The number of nitrogens with one attached hydrogen (secondary N) is 1. The number of rotatable bonds is 7. The van der Waals surface area contributed by atoms with Crippen molar-refractivity contribution >= 4 is 11.9 Å². The quantitative estimate of drug-likeness (QED) is 0.655. The van der Waals surface area contributed by atoms with Crippen LogP contribution in [0.15, 0.2) is 67.3 Å². The number of carbonyl (C=O) groups excluding carboxylic acids is 1. The molecule has 4 rings (SSSR count). The zero-order valence-corrected chi connectivity index (χ0v) is 16.3. The maximum absolute atomic E-state index is 12.8. The predicted octanol–water partition coefficient (Wildman–Crippen LogP) is 1.35. The molecule has 3 aromatic rings. The van der Waals surface area contributed by atoms with Gasteiger partial charge in [0.1, 0.15) is 0 Å². The summed E-state index contributed by atoms with van der Waals surface area (Å²) in [5, 5.41) is 7.46. The third-order valence-electron chi connectivity index (χ3n) is 5.04. The molecule has 3 heterocycles. The lowest BCUT2D eigenvalue weighted by atomic mass is 10.1. The molecule has 0 radical (unpaired) electrons. The van der Waals surface area contributed by atoms with Crippen molar-refractivity contribution in [2.24, 2.45) is 0 Å². The molecule has 1 aliphatic heterocycles. The minimum absolute atomic E-state index is 0.0235. The number of hydrogen-bond acceptors (Lipinski definition) is 6. The minimum atomic E-state index is -0.123. The van der Waals surface area contributed by atoms with Crippen molar-refractivity contribution in [1.29, 1.82) is 0 Å². The SMILES string of the molecule is O=C(CN1CCN(c2ncccn2)CC1)N[C@H](Cn1cccn1)c1ccccc1. The van der Waals surface area contributed by atoms with E-state index in [4.69, 9.17) is 0 Å². The van der Waals surface area contributed by atoms with Crippen LogP contribution in [0.5, 0.6) is 0 Å². The average Bonchev–Trinajstić information content (AvgIpc) is 3.28. The van der Waals surface area contributed by atoms with Gasteiger partial charge in [-0.15, -0.1) is 0 Å². The maximum atomic E-state index is 12.8. The average molecular weight is 391 g/mol.